The number of carbonyl (C=O) groups excluding carboxylic acids is 1. The quantitative estimate of drug-likeness (QED) is 0.721. The van der Waals surface area contributed by atoms with E-state index in [0.717, 1.165) is 62.9 Å². The number of likely N-dealkylation sites (tertiary alicyclic amines) is 2. The third-order valence-corrected chi connectivity index (χ3v) is 7.40. The van der Waals surface area contributed by atoms with Crippen LogP contribution >= 0.6 is 15.9 Å². The number of primary amides is 1. The summed E-state index contributed by atoms with van der Waals surface area (Å²) >= 11 is 3.52. The molecule has 154 valence electrons. The maximum absolute atomic E-state index is 12.0. The highest BCUT2D eigenvalue weighted by Gasteiger charge is 2.45. The Morgan fingerprint density at radius 1 is 1.03 bits per heavy atom. The van der Waals surface area contributed by atoms with Crippen LogP contribution in [0.25, 0.3) is 0 Å². The largest absolute Gasteiger partial charge is 0.351 e. The van der Waals surface area contributed by atoms with Crippen LogP contribution in [0.1, 0.15) is 36.8 Å². The number of halogens is 1. The number of urea groups is 1. The van der Waals surface area contributed by atoms with Crippen molar-refractivity contribution in [3.8, 4) is 0 Å². The number of carbonyl (C=O) groups is 1. The molecule has 0 saturated carbocycles. The third kappa shape index (κ3) is 4.51. The lowest BCUT2D eigenvalue weighted by Crippen LogP contribution is -2.55. The number of rotatable bonds is 4. The highest BCUT2D eigenvalue weighted by atomic mass is 79.9. The van der Waals surface area contributed by atoms with Crippen molar-refractivity contribution in [1.82, 2.24) is 9.80 Å². The summed E-state index contributed by atoms with van der Waals surface area (Å²) < 4.78 is 1.13. The first-order valence-corrected chi connectivity index (χ1v) is 11.4. The molecule has 29 heavy (non-hydrogen) atoms. The van der Waals surface area contributed by atoms with Crippen molar-refractivity contribution in [2.24, 2.45) is 11.7 Å². The van der Waals surface area contributed by atoms with Crippen molar-refractivity contribution in [3.63, 3.8) is 0 Å². The van der Waals surface area contributed by atoms with E-state index in [1.807, 2.05) is 4.90 Å². The summed E-state index contributed by atoms with van der Waals surface area (Å²) in [5.41, 5.74) is 8.45. The van der Waals surface area contributed by atoms with Gasteiger partial charge in [-0.15, -0.1) is 0 Å². The normalized spacial score (nSPS) is 23.8. The second-order valence-corrected chi connectivity index (χ2v) is 9.48. The number of amides is 2. The van der Waals surface area contributed by atoms with E-state index in [0.29, 0.717) is 5.92 Å². The summed E-state index contributed by atoms with van der Waals surface area (Å²) in [5.74, 6) is 0.577. The Bertz CT molecular complexity index is 818. The predicted octanol–water partition coefficient (Wildman–Crippen LogP) is 4.77. The van der Waals surface area contributed by atoms with Gasteiger partial charge in [-0.3, -0.25) is 4.90 Å². The lowest BCUT2D eigenvalue weighted by Gasteiger charge is -2.50. The molecule has 0 radical (unpaired) electrons. The van der Waals surface area contributed by atoms with Gasteiger partial charge in [-0.25, -0.2) is 4.79 Å². The smallest absolute Gasteiger partial charge is 0.314 e. The summed E-state index contributed by atoms with van der Waals surface area (Å²) in [5, 5.41) is 0. The van der Waals surface area contributed by atoms with Crippen molar-refractivity contribution < 1.29 is 4.79 Å². The molecule has 2 fully saturated rings. The molecule has 2 aromatic rings. The second-order valence-electron chi connectivity index (χ2n) is 8.56. The number of hydrogen-bond donors (Lipinski definition) is 1. The van der Waals surface area contributed by atoms with Gasteiger partial charge in [-0.05, 0) is 68.0 Å². The molecule has 2 saturated heterocycles. The van der Waals surface area contributed by atoms with E-state index in [4.69, 9.17) is 5.73 Å². The minimum Gasteiger partial charge on any atom is -0.351 e. The fourth-order valence-electron chi connectivity index (χ4n) is 5.34. The predicted molar refractivity (Wildman–Crippen MR) is 121 cm³/mol. The molecule has 4 rings (SSSR count). The molecular weight excluding hydrogens is 426 g/mol. The minimum absolute atomic E-state index is 0.0260. The average molecular weight is 456 g/mol. The van der Waals surface area contributed by atoms with Crippen LogP contribution in [0.3, 0.4) is 0 Å². The van der Waals surface area contributed by atoms with E-state index in [-0.39, 0.29) is 11.4 Å². The van der Waals surface area contributed by atoms with Crippen LogP contribution in [0.4, 0.5) is 4.79 Å². The van der Waals surface area contributed by atoms with Crippen LogP contribution in [0.2, 0.25) is 0 Å². The van der Waals surface area contributed by atoms with Crippen LogP contribution in [0, 0.1) is 5.92 Å². The molecule has 2 N–H and O–H groups in total. The lowest BCUT2D eigenvalue weighted by atomic mass is 9.62. The van der Waals surface area contributed by atoms with Gasteiger partial charge in [-0.1, -0.05) is 58.4 Å². The molecule has 4 nitrogen and oxygen atoms in total. The van der Waals surface area contributed by atoms with Gasteiger partial charge in [0.05, 0.1) is 0 Å². The van der Waals surface area contributed by atoms with Crippen molar-refractivity contribution in [3.05, 3.63) is 70.2 Å². The van der Waals surface area contributed by atoms with Gasteiger partial charge in [-0.2, -0.15) is 0 Å². The number of piperidine rings is 2. The molecule has 1 unspecified atom stereocenters. The Morgan fingerprint density at radius 2 is 1.72 bits per heavy atom. The maximum atomic E-state index is 12.0. The number of nitrogens with two attached hydrogens (primary N) is 1. The van der Waals surface area contributed by atoms with E-state index in [2.05, 4.69) is 75.4 Å². The molecule has 2 heterocycles. The number of hydrogen-bond acceptors (Lipinski definition) is 2. The number of benzene rings is 2. The molecule has 2 aliphatic rings. The fraction of sp³-hybridized carbons (Fsp3) is 0.458. The van der Waals surface area contributed by atoms with Crippen LogP contribution < -0.4 is 5.73 Å². The summed E-state index contributed by atoms with van der Waals surface area (Å²) in [7, 11) is 0. The molecular formula is C24H30BrN3O. The third-order valence-electron chi connectivity index (χ3n) is 6.87. The standard InChI is InChI=1S/C24H30BrN3O/c25-22-9-7-19(8-10-22)17-27-15-11-21(12-16-27)24(20-5-2-1-3-6-20)13-4-14-28(18-24)23(26)29/h1-3,5-10,21H,4,11-18H2,(H2,26,29). The van der Waals surface area contributed by atoms with Crippen LogP contribution in [0.15, 0.2) is 59.1 Å². The SMILES string of the molecule is NC(=O)N1CCCC(c2ccccc2)(C2CCN(Cc3ccc(Br)cc3)CC2)C1. The molecule has 2 amide bonds. The first kappa shape index (κ1) is 20.4. The van der Waals surface area contributed by atoms with E-state index in [9.17, 15) is 4.79 Å². The zero-order valence-corrected chi connectivity index (χ0v) is 18.5. The van der Waals surface area contributed by atoms with E-state index in [1.165, 1.54) is 11.1 Å². The van der Waals surface area contributed by atoms with Gasteiger partial charge in [0.25, 0.3) is 0 Å². The Balaban J connectivity index is 1.49. The first-order valence-electron chi connectivity index (χ1n) is 10.6. The molecule has 0 bridgehead atoms. The van der Waals surface area contributed by atoms with Crippen LogP contribution in [-0.4, -0.2) is 42.0 Å². The summed E-state index contributed by atoms with van der Waals surface area (Å²) in [6.07, 6.45) is 4.49. The fourth-order valence-corrected chi connectivity index (χ4v) is 5.60. The van der Waals surface area contributed by atoms with E-state index in [1.54, 1.807) is 0 Å². The lowest BCUT2D eigenvalue weighted by molar-refractivity contribution is 0.0698. The molecule has 1 atom stereocenters. The van der Waals surface area contributed by atoms with Gasteiger partial charge in [0, 0.05) is 29.5 Å². The van der Waals surface area contributed by atoms with Gasteiger partial charge < -0.3 is 10.6 Å². The van der Waals surface area contributed by atoms with E-state index >= 15 is 0 Å². The molecule has 2 aliphatic heterocycles. The summed E-state index contributed by atoms with van der Waals surface area (Å²) in [6.45, 7) is 4.75. The van der Waals surface area contributed by atoms with Crippen molar-refractivity contribution in [2.75, 3.05) is 26.2 Å². The van der Waals surface area contributed by atoms with Crippen molar-refractivity contribution in [2.45, 2.75) is 37.6 Å². The second kappa shape index (κ2) is 8.88. The summed E-state index contributed by atoms with van der Waals surface area (Å²) in [6, 6.07) is 19.2. The average Bonchev–Trinajstić information content (AvgIpc) is 2.76. The molecule has 0 spiro atoms. The van der Waals surface area contributed by atoms with Gasteiger partial charge in [0.1, 0.15) is 0 Å². The topological polar surface area (TPSA) is 49.6 Å². The zero-order chi connectivity index (χ0) is 20.3. The van der Waals surface area contributed by atoms with Crippen LogP contribution in [-0.2, 0) is 12.0 Å². The Kier molecular flexibility index (Phi) is 6.26. The first-order chi connectivity index (χ1) is 14.1. The van der Waals surface area contributed by atoms with Gasteiger partial charge in [0.2, 0.25) is 0 Å². The van der Waals surface area contributed by atoms with Crippen LogP contribution in [0.5, 0.6) is 0 Å². The zero-order valence-electron chi connectivity index (χ0n) is 16.9. The Morgan fingerprint density at radius 3 is 2.38 bits per heavy atom. The molecule has 5 heteroatoms. The monoisotopic (exact) mass is 455 g/mol. The maximum Gasteiger partial charge on any atom is 0.314 e. The van der Waals surface area contributed by atoms with E-state index < -0.39 is 0 Å². The Hall–Kier alpha value is -1.85. The molecule has 0 aromatic heterocycles. The highest BCUT2D eigenvalue weighted by molar-refractivity contribution is 9.10. The van der Waals surface area contributed by atoms with Gasteiger partial charge >= 0.3 is 6.03 Å². The Labute approximate surface area is 182 Å². The minimum atomic E-state index is -0.280. The summed E-state index contributed by atoms with van der Waals surface area (Å²) in [4.78, 5) is 16.4. The van der Waals surface area contributed by atoms with Crippen molar-refractivity contribution in [1.29, 1.82) is 0 Å². The van der Waals surface area contributed by atoms with Crippen molar-refractivity contribution >= 4 is 22.0 Å². The number of nitrogens with zero attached hydrogens (tertiary/aromatic N) is 2. The highest BCUT2D eigenvalue weighted by Crippen LogP contribution is 2.45. The van der Waals surface area contributed by atoms with Gasteiger partial charge in [0.15, 0.2) is 0 Å². The molecule has 2 aromatic carbocycles. The molecule has 0 aliphatic carbocycles.